The minimum Gasteiger partial charge on any atom is -0.382 e. The molecule has 2 amide bonds. The summed E-state index contributed by atoms with van der Waals surface area (Å²) >= 11 is 0. The summed E-state index contributed by atoms with van der Waals surface area (Å²) in [5, 5.41) is 9.40. The van der Waals surface area contributed by atoms with Gasteiger partial charge in [0.1, 0.15) is 6.04 Å². The van der Waals surface area contributed by atoms with Crippen LogP contribution in [0.1, 0.15) is 54.1 Å². The Balaban J connectivity index is 1.44. The van der Waals surface area contributed by atoms with Crippen LogP contribution < -0.4 is 16.0 Å². The summed E-state index contributed by atoms with van der Waals surface area (Å²) in [6.45, 7) is 0. The van der Waals surface area contributed by atoms with Gasteiger partial charge >= 0.3 is 0 Å². The van der Waals surface area contributed by atoms with Gasteiger partial charge in [0.05, 0.1) is 0 Å². The van der Waals surface area contributed by atoms with Gasteiger partial charge in [0, 0.05) is 23.0 Å². The van der Waals surface area contributed by atoms with Crippen molar-refractivity contribution in [1.29, 1.82) is 0 Å². The predicted molar refractivity (Wildman–Crippen MR) is 129 cm³/mol. The van der Waals surface area contributed by atoms with Gasteiger partial charge < -0.3 is 16.0 Å². The summed E-state index contributed by atoms with van der Waals surface area (Å²) in [7, 11) is 0. The van der Waals surface area contributed by atoms with E-state index >= 15 is 0 Å². The highest BCUT2D eigenvalue weighted by Gasteiger charge is 2.23. The van der Waals surface area contributed by atoms with E-state index in [1.165, 1.54) is 32.1 Å². The topological polar surface area (TPSA) is 70.2 Å². The van der Waals surface area contributed by atoms with Gasteiger partial charge in [-0.25, -0.2) is 0 Å². The maximum absolute atomic E-state index is 13.1. The highest BCUT2D eigenvalue weighted by atomic mass is 16.2. The molecule has 0 heterocycles. The molecule has 1 unspecified atom stereocenters. The van der Waals surface area contributed by atoms with Gasteiger partial charge in [-0.05, 0) is 54.8 Å². The van der Waals surface area contributed by atoms with Crippen LogP contribution in [0.3, 0.4) is 0 Å². The Morgan fingerprint density at radius 2 is 1.31 bits per heavy atom. The summed E-state index contributed by atoms with van der Waals surface area (Å²) in [4.78, 5) is 25.9. The molecule has 0 bridgehead atoms. The van der Waals surface area contributed by atoms with Crippen LogP contribution in [0, 0.1) is 0 Å². The van der Waals surface area contributed by atoms with Crippen LogP contribution >= 0.6 is 0 Å². The maximum atomic E-state index is 13.1. The number of benzene rings is 3. The third-order valence-corrected chi connectivity index (χ3v) is 5.83. The zero-order valence-electron chi connectivity index (χ0n) is 18.1. The Labute approximate surface area is 189 Å². The molecule has 1 saturated carbocycles. The van der Waals surface area contributed by atoms with E-state index in [0.29, 0.717) is 17.3 Å². The van der Waals surface area contributed by atoms with Crippen molar-refractivity contribution in [3.63, 3.8) is 0 Å². The Morgan fingerprint density at radius 3 is 1.97 bits per heavy atom. The molecule has 3 N–H and O–H groups in total. The first kappa shape index (κ1) is 21.6. The van der Waals surface area contributed by atoms with E-state index in [0.717, 1.165) is 11.3 Å². The van der Waals surface area contributed by atoms with E-state index in [9.17, 15) is 9.59 Å². The maximum Gasteiger partial charge on any atom is 0.252 e. The van der Waals surface area contributed by atoms with E-state index in [4.69, 9.17) is 0 Å². The Hall–Kier alpha value is -3.60. The molecule has 4 rings (SSSR count). The van der Waals surface area contributed by atoms with E-state index in [-0.39, 0.29) is 11.8 Å². The fourth-order valence-corrected chi connectivity index (χ4v) is 4.10. The molecule has 1 atom stereocenters. The average molecular weight is 428 g/mol. The third-order valence-electron chi connectivity index (χ3n) is 5.83. The minimum atomic E-state index is -0.802. The van der Waals surface area contributed by atoms with Gasteiger partial charge in [0.25, 0.3) is 11.8 Å². The number of hydrogen-bond donors (Lipinski definition) is 3. The van der Waals surface area contributed by atoms with Crippen LogP contribution in [-0.4, -0.2) is 17.9 Å². The molecule has 164 valence electrons. The number of hydrogen-bond acceptors (Lipinski definition) is 3. The molecule has 1 aliphatic rings. The summed E-state index contributed by atoms with van der Waals surface area (Å²) in [5.41, 5.74) is 3.00. The lowest BCUT2D eigenvalue weighted by atomic mass is 9.95. The molecular weight excluding hydrogens is 398 g/mol. The summed E-state index contributed by atoms with van der Waals surface area (Å²) in [5.74, 6) is -0.574. The first-order chi connectivity index (χ1) is 15.7. The van der Waals surface area contributed by atoms with Crippen LogP contribution in [0.2, 0.25) is 0 Å². The molecule has 0 spiro atoms. The van der Waals surface area contributed by atoms with Crippen LogP contribution in [0.25, 0.3) is 0 Å². The molecule has 0 aliphatic heterocycles. The van der Waals surface area contributed by atoms with Gasteiger partial charge in [-0.2, -0.15) is 0 Å². The average Bonchev–Trinajstić information content (AvgIpc) is 2.85. The molecule has 1 aliphatic carbocycles. The van der Waals surface area contributed by atoms with Crippen molar-refractivity contribution < 1.29 is 9.59 Å². The lowest BCUT2D eigenvalue weighted by Gasteiger charge is -2.24. The zero-order valence-corrected chi connectivity index (χ0v) is 18.1. The number of rotatable bonds is 7. The predicted octanol–water partition coefficient (Wildman–Crippen LogP) is 5.54. The summed E-state index contributed by atoms with van der Waals surface area (Å²) < 4.78 is 0. The van der Waals surface area contributed by atoms with Crippen molar-refractivity contribution in [3.8, 4) is 0 Å². The van der Waals surface area contributed by atoms with Crippen molar-refractivity contribution in [2.24, 2.45) is 0 Å². The standard InChI is InChI=1S/C27H29N3O2/c31-26(21-12-6-2-7-13-21)30-25(20-10-4-1-5-11-20)27(32)29-24-18-16-23(17-19-24)28-22-14-8-3-9-15-22/h1-2,4-7,10-13,16-19,22,25,28H,3,8-9,14-15H2,(H,29,32)(H,30,31). The van der Waals surface area contributed by atoms with Gasteiger partial charge in [-0.15, -0.1) is 0 Å². The number of anilines is 2. The molecule has 0 aromatic heterocycles. The van der Waals surface area contributed by atoms with Crippen molar-refractivity contribution >= 4 is 23.2 Å². The molecule has 5 heteroatoms. The molecule has 32 heavy (non-hydrogen) atoms. The van der Waals surface area contributed by atoms with E-state index in [2.05, 4.69) is 16.0 Å². The van der Waals surface area contributed by atoms with Gasteiger partial charge in [-0.3, -0.25) is 9.59 Å². The lowest BCUT2D eigenvalue weighted by molar-refractivity contribution is -0.118. The first-order valence-corrected chi connectivity index (χ1v) is 11.3. The van der Waals surface area contributed by atoms with Crippen LogP contribution in [-0.2, 0) is 4.79 Å². The number of carbonyl (C=O) groups excluding carboxylic acids is 2. The Kier molecular flexibility index (Phi) is 7.18. The second-order valence-corrected chi connectivity index (χ2v) is 8.23. The SMILES string of the molecule is O=C(NC(C(=O)Nc1ccc(NC2CCCCC2)cc1)c1ccccc1)c1ccccc1. The normalized spacial score (nSPS) is 14.9. The molecular formula is C27H29N3O2. The lowest BCUT2D eigenvalue weighted by Crippen LogP contribution is -2.37. The van der Waals surface area contributed by atoms with Crippen LogP contribution in [0.5, 0.6) is 0 Å². The molecule has 3 aromatic carbocycles. The largest absolute Gasteiger partial charge is 0.382 e. The van der Waals surface area contributed by atoms with Crippen molar-refractivity contribution in [2.75, 3.05) is 10.6 Å². The monoisotopic (exact) mass is 427 g/mol. The quantitative estimate of drug-likeness (QED) is 0.464. The number of nitrogens with one attached hydrogen (secondary N) is 3. The van der Waals surface area contributed by atoms with Crippen molar-refractivity contribution in [2.45, 2.75) is 44.2 Å². The summed E-state index contributed by atoms with van der Waals surface area (Å²) in [6.07, 6.45) is 6.30. The zero-order chi connectivity index (χ0) is 22.2. The van der Waals surface area contributed by atoms with Crippen molar-refractivity contribution in [1.82, 2.24) is 5.32 Å². The number of amides is 2. The second-order valence-electron chi connectivity index (χ2n) is 8.23. The van der Waals surface area contributed by atoms with Gasteiger partial charge in [0.15, 0.2) is 0 Å². The summed E-state index contributed by atoms with van der Waals surface area (Å²) in [6, 6.07) is 25.7. The Morgan fingerprint density at radius 1 is 0.719 bits per heavy atom. The third kappa shape index (κ3) is 5.76. The molecule has 0 radical (unpaired) electrons. The highest BCUT2D eigenvalue weighted by Crippen LogP contribution is 2.23. The fourth-order valence-electron chi connectivity index (χ4n) is 4.10. The van der Waals surface area contributed by atoms with Crippen LogP contribution in [0.15, 0.2) is 84.9 Å². The molecule has 5 nitrogen and oxygen atoms in total. The smallest absolute Gasteiger partial charge is 0.252 e. The molecule has 1 fully saturated rings. The fraction of sp³-hybridized carbons (Fsp3) is 0.259. The number of carbonyl (C=O) groups is 2. The Bertz CT molecular complexity index is 1010. The highest BCUT2D eigenvalue weighted by molar-refractivity contribution is 6.01. The molecule has 3 aromatic rings. The van der Waals surface area contributed by atoms with E-state index in [1.807, 2.05) is 60.7 Å². The second kappa shape index (κ2) is 10.6. The molecule has 0 saturated heterocycles. The van der Waals surface area contributed by atoms with Crippen LogP contribution in [0.4, 0.5) is 11.4 Å². The van der Waals surface area contributed by atoms with Crippen molar-refractivity contribution in [3.05, 3.63) is 96.1 Å². The van der Waals surface area contributed by atoms with E-state index < -0.39 is 6.04 Å². The first-order valence-electron chi connectivity index (χ1n) is 11.3. The van der Waals surface area contributed by atoms with E-state index in [1.54, 1.807) is 24.3 Å². The van der Waals surface area contributed by atoms with Gasteiger partial charge in [0.2, 0.25) is 0 Å². The minimum absolute atomic E-state index is 0.284. The van der Waals surface area contributed by atoms with Gasteiger partial charge in [-0.1, -0.05) is 67.8 Å².